The van der Waals surface area contributed by atoms with Gasteiger partial charge in [0.05, 0.1) is 25.4 Å². The number of likely N-dealkylation sites (N-methyl/N-ethyl adjacent to an activating group) is 1. The van der Waals surface area contributed by atoms with Gasteiger partial charge in [-0.25, -0.2) is 0 Å². The first-order chi connectivity index (χ1) is 13.0. The summed E-state index contributed by atoms with van der Waals surface area (Å²) >= 11 is 0. The van der Waals surface area contributed by atoms with Crippen molar-refractivity contribution in [2.75, 3.05) is 46.4 Å². The van der Waals surface area contributed by atoms with Gasteiger partial charge in [0, 0.05) is 26.2 Å². The van der Waals surface area contributed by atoms with Crippen LogP contribution in [0.15, 0.2) is 29.3 Å². The quantitative estimate of drug-likeness (QED) is 0.279. The predicted molar refractivity (Wildman–Crippen MR) is 115 cm³/mol. The van der Waals surface area contributed by atoms with Crippen molar-refractivity contribution < 1.29 is 23.4 Å². The van der Waals surface area contributed by atoms with Crippen molar-refractivity contribution >= 4 is 29.9 Å². The Labute approximate surface area is 181 Å². The van der Waals surface area contributed by atoms with Gasteiger partial charge in [-0.3, -0.25) is 4.99 Å². The molecule has 2 atom stereocenters. The van der Waals surface area contributed by atoms with Crippen LogP contribution in [0.25, 0.3) is 0 Å². The molecule has 1 heterocycles. The Morgan fingerprint density at radius 1 is 1.36 bits per heavy atom. The highest BCUT2D eigenvalue weighted by molar-refractivity contribution is 14.0. The minimum absolute atomic E-state index is 0. The fraction of sp³-hybridized carbons (Fsp3) is 0.611. The highest BCUT2D eigenvalue weighted by Gasteiger charge is 2.18. The largest absolute Gasteiger partial charge is 0.435 e. The van der Waals surface area contributed by atoms with Crippen LogP contribution in [0.2, 0.25) is 0 Å². The van der Waals surface area contributed by atoms with E-state index in [-0.39, 0.29) is 42.4 Å². The predicted octanol–water partition coefficient (Wildman–Crippen LogP) is 1.83. The summed E-state index contributed by atoms with van der Waals surface area (Å²) in [6.45, 7) is 3.02. The van der Waals surface area contributed by atoms with Gasteiger partial charge in [0.25, 0.3) is 0 Å². The van der Waals surface area contributed by atoms with Crippen molar-refractivity contribution in [3.63, 3.8) is 0 Å². The number of ether oxygens (including phenoxy) is 2. The second kappa shape index (κ2) is 13.1. The minimum atomic E-state index is -2.87. The molecule has 0 aliphatic carbocycles. The summed E-state index contributed by atoms with van der Waals surface area (Å²) in [4.78, 5) is 6.60. The van der Waals surface area contributed by atoms with Crippen molar-refractivity contribution in [1.29, 1.82) is 0 Å². The molecule has 0 amide bonds. The molecule has 0 radical (unpaired) electrons. The van der Waals surface area contributed by atoms with Crippen LogP contribution in [0.4, 0.5) is 8.78 Å². The van der Waals surface area contributed by atoms with E-state index >= 15 is 0 Å². The molecule has 0 spiro atoms. The molecule has 160 valence electrons. The third kappa shape index (κ3) is 8.84. The van der Waals surface area contributed by atoms with Crippen LogP contribution in [0, 0.1) is 0 Å². The Morgan fingerprint density at radius 2 is 2.07 bits per heavy atom. The normalized spacial score (nSPS) is 19.1. The molecule has 1 aliphatic heterocycles. The van der Waals surface area contributed by atoms with Crippen LogP contribution in [0.5, 0.6) is 5.75 Å². The number of nitrogens with one attached hydrogen (secondary N) is 2. The number of hydrogen-bond donors (Lipinski definition) is 3. The van der Waals surface area contributed by atoms with Gasteiger partial charge in [-0.15, -0.1) is 24.0 Å². The van der Waals surface area contributed by atoms with Crippen molar-refractivity contribution in [3.8, 4) is 5.75 Å². The van der Waals surface area contributed by atoms with Gasteiger partial charge < -0.3 is 30.1 Å². The third-order valence-corrected chi connectivity index (χ3v) is 4.10. The summed E-state index contributed by atoms with van der Waals surface area (Å²) < 4.78 is 34.4. The van der Waals surface area contributed by atoms with E-state index < -0.39 is 12.7 Å². The maximum absolute atomic E-state index is 12.2. The molecule has 1 aromatic carbocycles. The van der Waals surface area contributed by atoms with Crippen LogP contribution in [0.1, 0.15) is 18.6 Å². The Kier molecular flexibility index (Phi) is 11.6. The smallest absolute Gasteiger partial charge is 0.387 e. The average molecular weight is 514 g/mol. The molecule has 0 aromatic heterocycles. The van der Waals surface area contributed by atoms with E-state index in [1.54, 1.807) is 12.1 Å². The lowest BCUT2D eigenvalue weighted by Crippen LogP contribution is -2.48. The van der Waals surface area contributed by atoms with E-state index in [4.69, 9.17) is 4.74 Å². The molecule has 3 N–H and O–H groups in total. The van der Waals surface area contributed by atoms with Crippen LogP contribution in [-0.4, -0.2) is 75.1 Å². The number of halogens is 3. The summed E-state index contributed by atoms with van der Waals surface area (Å²) in [5, 5.41) is 16.6. The number of guanidine groups is 1. The zero-order valence-corrected chi connectivity index (χ0v) is 18.4. The molecule has 0 saturated carbocycles. The Bertz CT molecular complexity index is 593. The maximum atomic E-state index is 12.2. The van der Waals surface area contributed by atoms with E-state index in [2.05, 4.69) is 32.3 Å². The van der Waals surface area contributed by atoms with E-state index in [0.29, 0.717) is 31.2 Å². The van der Waals surface area contributed by atoms with Crippen LogP contribution >= 0.6 is 24.0 Å². The number of aliphatic hydroxyl groups excluding tert-OH is 1. The molecule has 1 saturated heterocycles. The summed E-state index contributed by atoms with van der Waals surface area (Å²) in [6.07, 6.45) is -0.766. The number of alkyl halides is 2. The van der Waals surface area contributed by atoms with E-state index in [9.17, 15) is 13.9 Å². The zero-order valence-electron chi connectivity index (χ0n) is 16.1. The molecular formula is C18H29F2IN4O3. The van der Waals surface area contributed by atoms with Gasteiger partial charge in [0.1, 0.15) is 5.75 Å². The summed E-state index contributed by atoms with van der Waals surface area (Å²) in [7, 11) is 2.06. The monoisotopic (exact) mass is 514 g/mol. The number of aliphatic imine (C=N–C) groups is 1. The number of rotatable bonds is 8. The van der Waals surface area contributed by atoms with Gasteiger partial charge in [-0.1, -0.05) is 12.1 Å². The molecule has 1 aliphatic rings. The number of benzene rings is 1. The molecule has 28 heavy (non-hydrogen) atoms. The molecular weight excluding hydrogens is 485 g/mol. The number of hydrogen-bond acceptors (Lipinski definition) is 5. The fourth-order valence-corrected chi connectivity index (χ4v) is 2.70. The third-order valence-electron chi connectivity index (χ3n) is 4.10. The van der Waals surface area contributed by atoms with Crippen molar-refractivity contribution in [1.82, 2.24) is 15.5 Å². The topological polar surface area (TPSA) is 78.4 Å². The summed E-state index contributed by atoms with van der Waals surface area (Å²) in [6, 6.07) is 5.89. The SMILES string of the molecule is CCNC(=NCC(O)c1ccc(OC(F)F)cc1)NCC1CN(C)CCO1.I. The number of aliphatic hydroxyl groups is 1. The van der Waals surface area contributed by atoms with Crippen molar-refractivity contribution in [2.24, 2.45) is 4.99 Å². The fourth-order valence-electron chi connectivity index (χ4n) is 2.70. The lowest BCUT2D eigenvalue weighted by atomic mass is 10.1. The first-order valence-corrected chi connectivity index (χ1v) is 9.03. The van der Waals surface area contributed by atoms with Crippen LogP contribution in [0.3, 0.4) is 0 Å². The minimum Gasteiger partial charge on any atom is -0.435 e. The molecule has 1 fully saturated rings. The number of nitrogens with zero attached hydrogens (tertiary/aromatic N) is 2. The molecule has 1 aromatic rings. The van der Waals surface area contributed by atoms with Gasteiger partial charge in [-0.2, -0.15) is 8.78 Å². The van der Waals surface area contributed by atoms with Crippen molar-refractivity contribution in [2.45, 2.75) is 25.7 Å². The van der Waals surface area contributed by atoms with E-state index in [1.165, 1.54) is 12.1 Å². The first kappa shape index (κ1) is 24.8. The number of morpholine rings is 1. The Balaban J connectivity index is 0.00000392. The lowest BCUT2D eigenvalue weighted by molar-refractivity contribution is -0.0498. The second-order valence-corrected chi connectivity index (χ2v) is 6.32. The molecule has 7 nitrogen and oxygen atoms in total. The zero-order chi connectivity index (χ0) is 19.6. The average Bonchev–Trinajstić information content (AvgIpc) is 2.64. The lowest BCUT2D eigenvalue weighted by Gasteiger charge is -2.30. The second-order valence-electron chi connectivity index (χ2n) is 6.32. The van der Waals surface area contributed by atoms with Crippen LogP contribution in [-0.2, 0) is 4.74 Å². The standard InChI is InChI=1S/C18H28F2N4O3.HI/c1-3-21-18(22-10-15-12-24(2)8-9-26-15)23-11-16(25)13-4-6-14(7-5-13)27-17(19)20;/h4-7,15-17,25H,3,8-12H2,1-2H3,(H2,21,22,23);1H. The molecule has 10 heteroatoms. The molecule has 2 rings (SSSR count). The first-order valence-electron chi connectivity index (χ1n) is 9.03. The van der Waals surface area contributed by atoms with Gasteiger partial charge in [0.2, 0.25) is 0 Å². The molecule has 0 bridgehead atoms. The van der Waals surface area contributed by atoms with E-state index in [0.717, 1.165) is 13.1 Å². The van der Waals surface area contributed by atoms with Gasteiger partial charge >= 0.3 is 6.61 Å². The Hall–Kier alpha value is -1.24. The van der Waals surface area contributed by atoms with Crippen LogP contribution < -0.4 is 15.4 Å². The highest BCUT2D eigenvalue weighted by Crippen LogP contribution is 2.19. The van der Waals surface area contributed by atoms with Gasteiger partial charge in [0.15, 0.2) is 5.96 Å². The highest BCUT2D eigenvalue weighted by atomic mass is 127. The Morgan fingerprint density at radius 3 is 2.68 bits per heavy atom. The maximum Gasteiger partial charge on any atom is 0.387 e. The summed E-state index contributed by atoms with van der Waals surface area (Å²) in [5.41, 5.74) is 0.577. The molecule has 2 unspecified atom stereocenters. The van der Waals surface area contributed by atoms with Gasteiger partial charge in [-0.05, 0) is 31.7 Å². The van der Waals surface area contributed by atoms with Crippen molar-refractivity contribution in [3.05, 3.63) is 29.8 Å². The summed E-state index contributed by atoms with van der Waals surface area (Å²) in [5.74, 6) is 0.642. The van der Waals surface area contributed by atoms with E-state index in [1.807, 2.05) is 6.92 Å².